The van der Waals surface area contributed by atoms with Gasteiger partial charge in [-0.25, -0.2) is 4.79 Å². The molecule has 1 atom stereocenters. The predicted molar refractivity (Wildman–Crippen MR) is 83.7 cm³/mol. The van der Waals surface area contributed by atoms with Crippen LogP contribution in [0.2, 0.25) is 0 Å². The molecule has 0 aliphatic rings. The van der Waals surface area contributed by atoms with E-state index in [0.717, 1.165) is 0 Å². The van der Waals surface area contributed by atoms with Gasteiger partial charge in [-0.3, -0.25) is 0 Å². The number of carboxylic acid groups (broad SMARTS) is 1. The Morgan fingerprint density at radius 3 is 2.30 bits per heavy atom. The predicted octanol–water partition coefficient (Wildman–Crippen LogP) is 2.57. The lowest BCUT2D eigenvalue weighted by Gasteiger charge is -2.27. The minimum absolute atomic E-state index is 0.0481. The molecule has 2 aromatic rings. The molecule has 0 N–H and O–H groups in total. The Morgan fingerprint density at radius 1 is 1.09 bits per heavy atom. The normalized spacial score (nSPS) is 12.5. The van der Waals surface area contributed by atoms with Crippen LogP contribution in [0.25, 0.3) is 0 Å². The van der Waals surface area contributed by atoms with E-state index in [1.165, 1.54) is 36.4 Å². The Bertz CT molecular complexity index is 719. The maximum absolute atomic E-state index is 13.9. The highest BCUT2D eigenvalue weighted by Gasteiger charge is 2.45. The van der Waals surface area contributed by atoms with E-state index in [1.54, 1.807) is 18.2 Å². The molecule has 0 aliphatic heterocycles. The lowest BCUT2D eigenvalue weighted by molar-refractivity contribution is -0.336. The summed E-state index contributed by atoms with van der Waals surface area (Å²) in [6.07, 6.45) is -2.28. The van der Waals surface area contributed by atoms with Crippen molar-refractivity contribution < 1.29 is 28.2 Å². The van der Waals surface area contributed by atoms with Crippen molar-refractivity contribution in [3.05, 3.63) is 69.3 Å². The molecule has 120 valence electrons. The first-order valence-corrected chi connectivity index (χ1v) is 7.51. The number of alkyl halides is 2. The van der Waals surface area contributed by atoms with Gasteiger partial charge in [0.15, 0.2) is 6.10 Å². The van der Waals surface area contributed by atoms with Crippen LogP contribution in [0, 0.1) is 3.57 Å². The van der Waals surface area contributed by atoms with E-state index < -0.39 is 24.0 Å². The Labute approximate surface area is 144 Å². The fraction of sp³-hybridized carbons (Fsp3) is 0.125. The van der Waals surface area contributed by atoms with Gasteiger partial charge in [0.1, 0.15) is 5.97 Å². The molecule has 1 unspecified atom stereocenters. The van der Waals surface area contributed by atoms with Gasteiger partial charge in [0.2, 0.25) is 0 Å². The Morgan fingerprint density at radius 2 is 1.74 bits per heavy atom. The maximum atomic E-state index is 13.9. The smallest absolute Gasteiger partial charge is 0.339 e. The first-order chi connectivity index (χ1) is 10.8. The summed E-state index contributed by atoms with van der Waals surface area (Å²) in [5, 5.41) is 10.8. The molecule has 0 radical (unpaired) electrons. The number of aliphatic carboxylic acids is 1. The summed E-state index contributed by atoms with van der Waals surface area (Å²) < 4.78 is 33.3. The van der Waals surface area contributed by atoms with E-state index in [4.69, 9.17) is 4.74 Å². The topological polar surface area (TPSA) is 66.4 Å². The van der Waals surface area contributed by atoms with Crippen LogP contribution in [0.5, 0.6) is 0 Å². The van der Waals surface area contributed by atoms with Crippen molar-refractivity contribution in [1.82, 2.24) is 0 Å². The number of halogens is 3. The van der Waals surface area contributed by atoms with Crippen LogP contribution in [0.3, 0.4) is 0 Å². The number of carbonyl (C=O) groups is 2. The Kier molecular flexibility index (Phi) is 5.30. The second-order valence-electron chi connectivity index (χ2n) is 4.62. The molecule has 0 aliphatic carbocycles. The van der Waals surface area contributed by atoms with Gasteiger partial charge in [-0.1, -0.05) is 36.4 Å². The molecule has 0 saturated carbocycles. The van der Waals surface area contributed by atoms with Gasteiger partial charge in [-0.05, 0) is 46.4 Å². The molecular weight excluding hydrogens is 421 g/mol. The van der Waals surface area contributed by atoms with E-state index in [-0.39, 0.29) is 11.1 Å². The van der Waals surface area contributed by atoms with Crippen LogP contribution in [0.1, 0.15) is 22.0 Å². The molecular formula is C16H10F2IO4-. The van der Waals surface area contributed by atoms with E-state index in [0.29, 0.717) is 3.57 Å². The third-order valence-corrected chi connectivity index (χ3v) is 3.66. The van der Waals surface area contributed by atoms with Crippen LogP contribution < -0.4 is 5.11 Å². The highest BCUT2D eigenvalue weighted by atomic mass is 127. The highest BCUT2D eigenvalue weighted by molar-refractivity contribution is 14.1. The lowest BCUT2D eigenvalue weighted by atomic mass is 10.0. The minimum atomic E-state index is -4.36. The second-order valence-corrected chi connectivity index (χ2v) is 5.86. The summed E-state index contributed by atoms with van der Waals surface area (Å²) in [5.41, 5.74) is -0.0901. The van der Waals surface area contributed by atoms with Crippen LogP contribution in [-0.4, -0.2) is 17.9 Å². The van der Waals surface area contributed by atoms with E-state index >= 15 is 0 Å². The summed E-state index contributed by atoms with van der Waals surface area (Å²) in [6, 6.07) is 13.1. The number of esters is 1. The van der Waals surface area contributed by atoms with Gasteiger partial charge in [-0.2, -0.15) is 8.78 Å². The molecule has 0 fully saturated rings. The third-order valence-electron chi connectivity index (χ3n) is 2.99. The van der Waals surface area contributed by atoms with Crippen LogP contribution in [-0.2, 0) is 9.53 Å². The Hall–Kier alpha value is -2.03. The first kappa shape index (κ1) is 17.3. The molecule has 0 heterocycles. The van der Waals surface area contributed by atoms with Gasteiger partial charge in [0.25, 0.3) is 0 Å². The van der Waals surface area contributed by atoms with E-state index in [9.17, 15) is 23.5 Å². The summed E-state index contributed by atoms with van der Waals surface area (Å²) in [7, 11) is 0. The molecule has 4 nitrogen and oxygen atoms in total. The van der Waals surface area contributed by atoms with E-state index in [2.05, 4.69) is 0 Å². The molecule has 0 aromatic heterocycles. The summed E-state index contributed by atoms with van der Waals surface area (Å²) in [6.45, 7) is 0. The average molecular weight is 431 g/mol. The fourth-order valence-electron chi connectivity index (χ4n) is 1.88. The number of carboxylic acids is 1. The second kappa shape index (κ2) is 7.03. The number of rotatable bonds is 5. The number of hydrogen-bond acceptors (Lipinski definition) is 4. The number of benzene rings is 2. The molecule has 7 heteroatoms. The fourth-order valence-corrected chi connectivity index (χ4v) is 2.42. The van der Waals surface area contributed by atoms with Crippen molar-refractivity contribution >= 4 is 34.5 Å². The van der Waals surface area contributed by atoms with Gasteiger partial charge in [0, 0.05) is 3.57 Å². The lowest BCUT2D eigenvalue weighted by Crippen LogP contribution is -2.47. The number of hydrogen-bond donors (Lipinski definition) is 0. The average Bonchev–Trinajstić information content (AvgIpc) is 2.52. The number of carbonyl (C=O) groups excluding carboxylic acids is 2. The zero-order valence-corrected chi connectivity index (χ0v) is 13.7. The van der Waals surface area contributed by atoms with Gasteiger partial charge >= 0.3 is 11.9 Å². The summed E-state index contributed by atoms with van der Waals surface area (Å²) in [4.78, 5) is 22.8. The van der Waals surface area contributed by atoms with E-state index in [1.807, 2.05) is 22.6 Å². The van der Waals surface area contributed by atoms with Gasteiger partial charge in [0.05, 0.1) is 5.56 Å². The zero-order valence-electron chi connectivity index (χ0n) is 11.5. The van der Waals surface area contributed by atoms with Crippen LogP contribution >= 0.6 is 22.6 Å². The number of ether oxygens (including phenoxy) is 1. The molecule has 0 bridgehead atoms. The minimum Gasteiger partial charge on any atom is -0.544 e. The molecule has 0 spiro atoms. The maximum Gasteiger partial charge on any atom is 0.339 e. The first-order valence-electron chi connectivity index (χ1n) is 6.43. The van der Waals surface area contributed by atoms with Crippen molar-refractivity contribution in [1.29, 1.82) is 0 Å². The quantitative estimate of drug-likeness (QED) is 0.540. The zero-order chi connectivity index (χ0) is 17.0. The molecule has 0 amide bonds. The van der Waals surface area contributed by atoms with Crippen molar-refractivity contribution in [2.75, 3.05) is 0 Å². The van der Waals surface area contributed by atoms with Crippen LogP contribution in [0.15, 0.2) is 54.6 Å². The summed E-state index contributed by atoms with van der Waals surface area (Å²) >= 11 is 1.95. The van der Waals surface area contributed by atoms with Crippen molar-refractivity contribution in [2.45, 2.75) is 12.0 Å². The molecule has 2 rings (SSSR count). The molecule has 23 heavy (non-hydrogen) atoms. The van der Waals surface area contributed by atoms with Gasteiger partial charge in [-0.15, -0.1) is 0 Å². The SMILES string of the molecule is O=C(OC(c1ccccc1)C(F)(F)C(=O)[O-])c1cccc(I)c1. The summed E-state index contributed by atoms with van der Waals surface area (Å²) in [5.74, 6) is -8.01. The highest BCUT2D eigenvalue weighted by Crippen LogP contribution is 2.35. The molecule has 0 saturated heterocycles. The van der Waals surface area contributed by atoms with Crippen molar-refractivity contribution in [3.63, 3.8) is 0 Å². The molecule has 2 aromatic carbocycles. The van der Waals surface area contributed by atoms with Crippen molar-refractivity contribution in [3.8, 4) is 0 Å². The third kappa shape index (κ3) is 4.04. The Balaban J connectivity index is 2.35. The monoisotopic (exact) mass is 431 g/mol. The van der Waals surface area contributed by atoms with Crippen molar-refractivity contribution in [2.24, 2.45) is 0 Å². The largest absolute Gasteiger partial charge is 0.544 e. The van der Waals surface area contributed by atoms with Crippen LogP contribution in [0.4, 0.5) is 8.78 Å². The standard InChI is InChI=1S/C16H11F2IO4/c17-16(18,15(21)22)13(10-5-2-1-3-6-10)23-14(20)11-7-4-8-12(19)9-11/h1-9,13H,(H,21,22)/p-1. The van der Waals surface area contributed by atoms with Gasteiger partial charge < -0.3 is 14.6 Å².